The van der Waals surface area contributed by atoms with E-state index in [0.717, 1.165) is 53.9 Å². The van der Waals surface area contributed by atoms with Crippen molar-refractivity contribution in [3.05, 3.63) is 41.3 Å². The number of benzene rings is 1. The smallest absolute Gasteiger partial charge is 0.278 e. The van der Waals surface area contributed by atoms with Crippen LogP contribution < -0.4 is 10.6 Å². The maximum absolute atomic E-state index is 12.6. The Hall–Kier alpha value is -2.67. The first-order valence-electron chi connectivity index (χ1n) is 8.65. The fourth-order valence-electron chi connectivity index (χ4n) is 3.49. The van der Waals surface area contributed by atoms with Gasteiger partial charge in [0.15, 0.2) is 5.69 Å². The number of fused-ring (bicyclic) bond motifs is 1. The van der Waals surface area contributed by atoms with Crippen molar-refractivity contribution >= 4 is 22.5 Å². The molecule has 25 heavy (non-hydrogen) atoms. The first-order valence-corrected chi connectivity index (χ1v) is 8.65. The number of nitrogens with one attached hydrogen (secondary N) is 3. The van der Waals surface area contributed by atoms with Gasteiger partial charge in [-0.2, -0.15) is 0 Å². The number of aromatic nitrogens is 4. The number of anilines is 1. The highest BCUT2D eigenvalue weighted by atomic mass is 16.2. The lowest BCUT2D eigenvalue weighted by atomic mass is 10.1. The predicted octanol–water partition coefficient (Wildman–Crippen LogP) is 2.55. The summed E-state index contributed by atoms with van der Waals surface area (Å²) in [4.78, 5) is 15.9. The van der Waals surface area contributed by atoms with Gasteiger partial charge in [0.2, 0.25) is 0 Å². The van der Waals surface area contributed by atoms with E-state index in [2.05, 4.69) is 32.0 Å². The number of amides is 1. The van der Waals surface area contributed by atoms with Gasteiger partial charge in [0.05, 0.1) is 11.7 Å². The van der Waals surface area contributed by atoms with Gasteiger partial charge in [-0.15, -0.1) is 5.10 Å². The van der Waals surface area contributed by atoms with Crippen LogP contribution >= 0.6 is 0 Å². The Morgan fingerprint density at radius 1 is 1.24 bits per heavy atom. The summed E-state index contributed by atoms with van der Waals surface area (Å²) >= 11 is 0. The van der Waals surface area contributed by atoms with Crippen LogP contribution in [0.15, 0.2) is 24.3 Å². The van der Waals surface area contributed by atoms with E-state index in [4.69, 9.17) is 0 Å². The number of carbonyl (C=O) groups is 1. The van der Waals surface area contributed by atoms with Gasteiger partial charge in [-0.05, 0) is 64.0 Å². The van der Waals surface area contributed by atoms with E-state index in [1.165, 1.54) is 0 Å². The second kappa shape index (κ2) is 6.33. The molecule has 2 aromatic heterocycles. The predicted molar refractivity (Wildman–Crippen MR) is 96.9 cm³/mol. The number of carbonyl (C=O) groups excluding carboxylic acids is 1. The molecule has 130 valence electrons. The highest BCUT2D eigenvalue weighted by Crippen LogP contribution is 2.22. The number of aryl methyl sites for hydroxylation is 1. The Morgan fingerprint density at radius 3 is 2.84 bits per heavy atom. The zero-order valence-corrected chi connectivity index (χ0v) is 14.5. The third-order valence-corrected chi connectivity index (χ3v) is 4.81. The summed E-state index contributed by atoms with van der Waals surface area (Å²) < 4.78 is 1.90. The standard InChI is InChI=1S/C18H22N6O/c1-11-9-13-10-14(3-4-16(13)20-11)21-18(25)17-12(2)24(23-22-17)15-5-7-19-8-6-15/h3-4,9-10,15,19-20H,5-8H2,1-2H3,(H,21,25). The molecule has 3 aromatic rings. The normalized spacial score (nSPS) is 15.6. The van der Waals surface area contributed by atoms with Gasteiger partial charge >= 0.3 is 0 Å². The Labute approximate surface area is 145 Å². The number of H-pyrrole nitrogens is 1. The molecule has 3 heterocycles. The van der Waals surface area contributed by atoms with Crippen molar-refractivity contribution < 1.29 is 4.79 Å². The molecular weight excluding hydrogens is 316 g/mol. The highest BCUT2D eigenvalue weighted by Gasteiger charge is 2.23. The zero-order chi connectivity index (χ0) is 17.4. The van der Waals surface area contributed by atoms with Crippen LogP contribution in [0.4, 0.5) is 5.69 Å². The van der Waals surface area contributed by atoms with Gasteiger partial charge in [0, 0.05) is 22.3 Å². The lowest BCUT2D eigenvalue weighted by molar-refractivity contribution is 0.102. The molecule has 0 atom stereocenters. The van der Waals surface area contributed by atoms with Gasteiger partial charge in [-0.25, -0.2) is 4.68 Å². The van der Waals surface area contributed by atoms with Crippen molar-refractivity contribution in [1.82, 2.24) is 25.3 Å². The molecule has 0 radical (unpaired) electrons. The van der Waals surface area contributed by atoms with Gasteiger partial charge in [0.25, 0.3) is 5.91 Å². The molecule has 0 spiro atoms. The lowest BCUT2D eigenvalue weighted by Crippen LogP contribution is -2.30. The van der Waals surface area contributed by atoms with Crippen LogP contribution in [0.1, 0.15) is 40.8 Å². The van der Waals surface area contributed by atoms with Crippen molar-refractivity contribution in [1.29, 1.82) is 0 Å². The van der Waals surface area contributed by atoms with Crippen LogP contribution in [0.25, 0.3) is 10.9 Å². The third kappa shape index (κ3) is 3.02. The molecule has 1 amide bonds. The minimum absolute atomic E-state index is 0.218. The minimum atomic E-state index is -0.218. The number of nitrogens with zero attached hydrogens (tertiary/aromatic N) is 3. The summed E-state index contributed by atoms with van der Waals surface area (Å²) in [7, 11) is 0. The zero-order valence-electron chi connectivity index (χ0n) is 14.5. The molecule has 0 unspecified atom stereocenters. The maximum atomic E-state index is 12.6. The quantitative estimate of drug-likeness (QED) is 0.685. The average molecular weight is 338 g/mol. The van der Waals surface area contributed by atoms with Gasteiger partial charge in [-0.3, -0.25) is 4.79 Å². The van der Waals surface area contributed by atoms with E-state index in [1.807, 2.05) is 36.7 Å². The van der Waals surface area contributed by atoms with E-state index >= 15 is 0 Å². The third-order valence-electron chi connectivity index (χ3n) is 4.81. The molecule has 7 heteroatoms. The fourth-order valence-corrected chi connectivity index (χ4v) is 3.49. The van der Waals surface area contributed by atoms with Crippen LogP contribution in [0.5, 0.6) is 0 Å². The summed E-state index contributed by atoms with van der Waals surface area (Å²) in [5, 5.41) is 15.7. The second-order valence-corrected chi connectivity index (χ2v) is 6.66. The Bertz CT molecular complexity index is 919. The summed E-state index contributed by atoms with van der Waals surface area (Å²) in [5.74, 6) is -0.218. The van der Waals surface area contributed by atoms with Crippen LogP contribution in [0, 0.1) is 13.8 Å². The first kappa shape index (κ1) is 15.8. The Balaban J connectivity index is 1.54. The van der Waals surface area contributed by atoms with E-state index in [9.17, 15) is 4.79 Å². The number of rotatable bonds is 3. The fraction of sp³-hybridized carbons (Fsp3) is 0.389. The molecule has 1 aliphatic rings. The first-order chi connectivity index (χ1) is 12.1. The molecular formula is C18H22N6O. The molecule has 0 bridgehead atoms. The number of piperidine rings is 1. The Morgan fingerprint density at radius 2 is 2.04 bits per heavy atom. The van der Waals surface area contributed by atoms with Crippen LogP contribution in [-0.2, 0) is 0 Å². The molecule has 1 aliphatic heterocycles. The second-order valence-electron chi connectivity index (χ2n) is 6.66. The number of hydrogen-bond acceptors (Lipinski definition) is 4. The van der Waals surface area contributed by atoms with Gasteiger partial charge in [0.1, 0.15) is 0 Å². The van der Waals surface area contributed by atoms with Crippen LogP contribution in [0.3, 0.4) is 0 Å². The van der Waals surface area contributed by atoms with Crippen LogP contribution in [-0.4, -0.2) is 39.0 Å². The molecule has 0 saturated carbocycles. The van der Waals surface area contributed by atoms with Crippen molar-refractivity contribution in [2.24, 2.45) is 0 Å². The van der Waals surface area contributed by atoms with Crippen molar-refractivity contribution in [2.75, 3.05) is 18.4 Å². The average Bonchev–Trinajstić information content (AvgIpc) is 3.17. The molecule has 0 aliphatic carbocycles. The summed E-state index contributed by atoms with van der Waals surface area (Å²) in [5.41, 5.74) is 4.13. The molecule has 1 fully saturated rings. The molecule has 1 saturated heterocycles. The highest BCUT2D eigenvalue weighted by molar-refractivity contribution is 6.04. The van der Waals surface area contributed by atoms with Gasteiger partial charge < -0.3 is 15.6 Å². The van der Waals surface area contributed by atoms with E-state index in [-0.39, 0.29) is 5.91 Å². The van der Waals surface area contributed by atoms with E-state index < -0.39 is 0 Å². The summed E-state index contributed by atoms with van der Waals surface area (Å²) in [6.45, 7) is 5.87. The van der Waals surface area contributed by atoms with Crippen molar-refractivity contribution in [3.8, 4) is 0 Å². The molecule has 1 aromatic carbocycles. The number of aromatic amines is 1. The Kier molecular flexibility index (Phi) is 4.01. The van der Waals surface area contributed by atoms with Crippen LogP contribution in [0.2, 0.25) is 0 Å². The summed E-state index contributed by atoms with van der Waals surface area (Å²) in [6, 6.07) is 8.20. The molecule has 4 rings (SSSR count). The molecule has 7 nitrogen and oxygen atoms in total. The molecule has 3 N–H and O–H groups in total. The lowest BCUT2D eigenvalue weighted by Gasteiger charge is -2.23. The largest absolute Gasteiger partial charge is 0.359 e. The van der Waals surface area contributed by atoms with E-state index in [1.54, 1.807) is 0 Å². The monoisotopic (exact) mass is 338 g/mol. The van der Waals surface area contributed by atoms with Gasteiger partial charge in [-0.1, -0.05) is 5.21 Å². The van der Waals surface area contributed by atoms with Crippen molar-refractivity contribution in [2.45, 2.75) is 32.7 Å². The summed E-state index contributed by atoms with van der Waals surface area (Å²) in [6.07, 6.45) is 2.02. The van der Waals surface area contributed by atoms with Crippen molar-refractivity contribution in [3.63, 3.8) is 0 Å². The number of hydrogen-bond donors (Lipinski definition) is 3. The maximum Gasteiger partial charge on any atom is 0.278 e. The minimum Gasteiger partial charge on any atom is -0.359 e. The van der Waals surface area contributed by atoms with E-state index in [0.29, 0.717) is 11.7 Å². The SMILES string of the molecule is Cc1cc2cc(NC(=O)c3nnn(C4CCNCC4)c3C)ccc2[nH]1. The topological polar surface area (TPSA) is 87.6 Å².